The molecule has 20 heavy (non-hydrogen) atoms. The number of carbonyl (C=O) groups excluding carboxylic acids is 1. The number of carbonyl (C=O) groups is 1. The first kappa shape index (κ1) is 12.3. The second-order valence-corrected chi connectivity index (χ2v) is 4.39. The molecule has 1 aliphatic heterocycles. The molecular formula is C13H13N5O2. The van der Waals surface area contributed by atoms with E-state index in [1.165, 1.54) is 0 Å². The molecule has 1 aliphatic rings. The van der Waals surface area contributed by atoms with Crippen molar-refractivity contribution in [2.24, 2.45) is 5.16 Å². The third-order valence-corrected chi connectivity index (χ3v) is 3.00. The van der Waals surface area contributed by atoms with Crippen molar-refractivity contribution in [3.63, 3.8) is 0 Å². The maximum atomic E-state index is 11.9. The van der Waals surface area contributed by atoms with Gasteiger partial charge in [0.05, 0.1) is 12.7 Å². The van der Waals surface area contributed by atoms with Crippen LogP contribution in [0.2, 0.25) is 0 Å². The first-order chi connectivity index (χ1) is 9.83. The Bertz CT molecular complexity index is 609. The molecule has 3 rings (SSSR count). The molecule has 1 unspecified atom stereocenters. The molecule has 2 aromatic rings. The van der Waals surface area contributed by atoms with E-state index in [4.69, 9.17) is 4.84 Å². The highest BCUT2D eigenvalue weighted by molar-refractivity contribution is 6.39. The molecule has 0 radical (unpaired) electrons. The number of oxime groups is 1. The van der Waals surface area contributed by atoms with Gasteiger partial charge >= 0.3 is 0 Å². The molecule has 1 aromatic heterocycles. The number of aromatic amines is 1. The minimum Gasteiger partial charge on any atom is -0.387 e. The van der Waals surface area contributed by atoms with E-state index >= 15 is 0 Å². The summed E-state index contributed by atoms with van der Waals surface area (Å²) in [6.45, 7) is 0.310. The number of hydrogen-bond acceptors (Lipinski definition) is 5. The lowest BCUT2D eigenvalue weighted by molar-refractivity contribution is -0.115. The minimum atomic E-state index is -0.244. The summed E-state index contributed by atoms with van der Waals surface area (Å²) in [7, 11) is 0. The van der Waals surface area contributed by atoms with Gasteiger partial charge in [-0.25, -0.2) is 0 Å². The Labute approximate surface area is 115 Å². The summed E-state index contributed by atoms with van der Waals surface area (Å²) in [6.07, 6.45) is 1.83. The Morgan fingerprint density at radius 1 is 1.40 bits per heavy atom. The van der Waals surface area contributed by atoms with Crippen LogP contribution in [0.4, 0.5) is 0 Å². The van der Waals surface area contributed by atoms with E-state index in [1.54, 1.807) is 6.20 Å². The van der Waals surface area contributed by atoms with Crippen LogP contribution in [0.25, 0.3) is 0 Å². The van der Waals surface area contributed by atoms with Crippen molar-refractivity contribution in [2.75, 3.05) is 0 Å². The summed E-state index contributed by atoms with van der Waals surface area (Å²) in [4.78, 5) is 17.2. The second-order valence-electron chi connectivity index (χ2n) is 4.39. The van der Waals surface area contributed by atoms with Gasteiger partial charge in [0, 0.05) is 6.42 Å². The lowest BCUT2D eigenvalue weighted by atomic mass is 10.0. The highest BCUT2D eigenvalue weighted by atomic mass is 16.6. The van der Waals surface area contributed by atoms with E-state index in [0.717, 1.165) is 5.56 Å². The average Bonchev–Trinajstić information content (AvgIpc) is 3.17. The van der Waals surface area contributed by atoms with Crippen molar-refractivity contribution in [3.8, 4) is 0 Å². The quantitative estimate of drug-likeness (QED) is 0.865. The summed E-state index contributed by atoms with van der Waals surface area (Å²) < 4.78 is 0. The number of rotatable bonds is 4. The second kappa shape index (κ2) is 5.52. The Morgan fingerprint density at radius 2 is 2.25 bits per heavy atom. The topological polar surface area (TPSA) is 92.3 Å². The van der Waals surface area contributed by atoms with Crippen molar-refractivity contribution >= 4 is 11.6 Å². The van der Waals surface area contributed by atoms with Crippen LogP contribution in [0.15, 0.2) is 41.7 Å². The van der Waals surface area contributed by atoms with E-state index < -0.39 is 0 Å². The van der Waals surface area contributed by atoms with Crippen molar-refractivity contribution in [1.29, 1.82) is 0 Å². The average molecular weight is 271 g/mol. The monoisotopic (exact) mass is 271 g/mol. The van der Waals surface area contributed by atoms with E-state index in [1.807, 2.05) is 30.3 Å². The van der Waals surface area contributed by atoms with Crippen LogP contribution >= 0.6 is 0 Å². The summed E-state index contributed by atoms with van der Waals surface area (Å²) >= 11 is 0. The van der Waals surface area contributed by atoms with Crippen molar-refractivity contribution in [1.82, 2.24) is 20.7 Å². The molecule has 7 nitrogen and oxygen atoms in total. The van der Waals surface area contributed by atoms with Crippen molar-refractivity contribution in [2.45, 2.75) is 19.1 Å². The highest BCUT2D eigenvalue weighted by Crippen LogP contribution is 2.26. The number of aromatic nitrogens is 3. The molecule has 2 N–H and O–H groups in total. The van der Waals surface area contributed by atoms with Gasteiger partial charge in [-0.1, -0.05) is 35.5 Å². The summed E-state index contributed by atoms with van der Waals surface area (Å²) in [6, 6.07) is 9.71. The lowest BCUT2D eigenvalue weighted by Crippen LogP contribution is -2.30. The number of amides is 1. The van der Waals surface area contributed by atoms with Gasteiger partial charge in [-0.05, 0) is 5.56 Å². The molecule has 102 valence electrons. The molecular weight excluding hydrogens is 258 g/mol. The summed E-state index contributed by atoms with van der Waals surface area (Å²) in [5, 5.41) is 16.6. The maximum absolute atomic E-state index is 11.9. The first-order valence-electron chi connectivity index (χ1n) is 6.23. The van der Waals surface area contributed by atoms with Crippen LogP contribution < -0.4 is 5.32 Å². The standard InChI is InChI=1S/C13H13N5O2/c19-13(14-7-10-8-15-18-16-10)11-6-12(20-17-11)9-4-2-1-3-5-9/h1-5,8,12H,6-7H2,(H,14,19)(H,15,16,18). The van der Waals surface area contributed by atoms with E-state index in [9.17, 15) is 4.79 Å². The smallest absolute Gasteiger partial charge is 0.269 e. The molecule has 0 aliphatic carbocycles. The zero-order valence-corrected chi connectivity index (χ0v) is 10.6. The van der Waals surface area contributed by atoms with Crippen LogP contribution in [0, 0.1) is 0 Å². The molecule has 1 aromatic carbocycles. The predicted molar refractivity (Wildman–Crippen MR) is 70.5 cm³/mol. The summed E-state index contributed by atoms with van der Waals surface area (Å²) in [5.74, 6) is -0.244. The fourth-order valence-corrected chi connectivity index (χ4v) is 1.94. The van der Waals surface area contributed by atoms with Crippen LogP contribution in [0.3, 0.4) is 0 Å². The first-order valence-corrected chi connectivity index (χ1v) is 6.23. The summed E-state index contributed by atoms with van der Waals surface area (Å²) in [5.41, 5.74) is 2.07. The third kappa shape index (κ3) is 2.66. The molecule has 0 bridgehead atoms. The van der Waals surface area contributed by atoms with Gasteiger partial charge in [-0.3, -0.25) is 4.79 Å². The number of H-pyrrole nitrogens is 1. The van der Waals surface area contributed by atoms with Gasteiger partial charge in [0.2, 0.25) is 0 Å². The SMILES string of the molecule is O=C(NCc1cn[nH]n1)C1=NOC(c2ccccc2)C1. The highest BCUT2D eigenvalue weighted by Gasteiger charge is 2.27. The molecule has 0 saturated heterocycles. The normalized spacial score (nSPS) is 17.4. The van der Waals surface area contributed by atoms with Crippen molar-refractivity contribution in [3.05, 3.63) is 47.8 Å². The Kier molecular flexibility index (Phi) is 3.40. The van der Waals surface area contributed by atoms with Crippen LogP contribution in [0.1, 0.15) is 23.8 Å². The van der Waals surface area contributed by atoms with Crippen molar-refractivity contribution < 1.29 is 9.63 Å². The van der Waals surface area contributed by atoms with E-state index in [0.29, 0.717) is 24.4 Å². The number of hydrogen-bond donors (Lipinski definition) is 2. The molecule has 1 atom stereocenters. The van der Waals surface area contributed by atoms with Gasteiger partial charge in [0.15, 0.2) is 6.10 Å². The van der Waals surface area contributed by atoms with Gasteiger partial charge in [-0.2, -0.15) is 15.4 Å². The van der Waals surface area contributed by atoms with Crippen LogP contribution in [0.5, 0.6) is 0 Å². The zero-order valence-electron chi connectivity index (χ0n) is 10.6. The maximum Gasteiger partial charge on any atom is 0.269 e. The van der Waals surface area contributed by atoms with Crippen LogP contribution in [-0.2, 0) is 16.2 Å². The third-order valence-electron chi connectivity index (χ3n) is 3.00. The zero-order chi connectivity index (χ0) is 13.8. The molecule has 7 heteroatoms. The largest absolute Gasteiger partial charge is 0.387 e. The van der Waals surface area contributed by atoms with E-state index in [2.05, 4.69) is 25.9 Å². The number of nitrogens with zero attached hydrogens (tertiary/aromatic N) is 3. The minimum absolute atomic E-state index is 0.191. The fraction of sp³-hybridized carbons (Fsp3) is 0.231. The molecule has 2 heterocycles. The fourth-order valence-electron chi connectivity index (χ4n) is 1.94. The van der Waals surface area contributed by atoms with Gasteiger partial charge in [-0.15, -0.1) is 0 Å². The number of benzene rings is 1. The molecule has 1 amide bonds. The Balaban J connectivity index is 1.55. The molecule has 0 spiro atoms. The predicted octanol–water partition coefficient (Wildman–Crippen LogP) is 0.938. The Morgan fingerprint density at radius 3 is 3.00 bits per heavy atom. The van der Waals surface area contributed by atoms with Gasteiger partial charge < -0.3 is 10.2 Å². The van der Waals surface area contributed by atoms with Gasteiger partial charge in [0.1, 0.15) is 11.4 Å². The molecule has 0 fully saturated rings. The van der Waals surface area contributed by atoms with E-state index in [-0.39, 0.29) is 12.0 Å². The number of nitrogens with one attached hydrogen (secondary N) is 2. The Hall–Kier alpha value is -2.70. The molecule has 0 saturated carbocycles. The van der Waals surface area contributed by atoms with Crippen LogP contribution in [-0.4, -0.2) is 27.0 Å². The van der Waals surface area contributed by atoms with Gasteiger partial charge in [0.25, 0.3) is 5.91 Å². The lowest BCUT2D eigenvalue weighted by Gasteiger charge is -2.07.